The molecule has 14 heteroatoms. The summed E-state index contributed by atoms with van der Waals surface area (Å²) in [5.74, 6) is -1.84. The van der Waals surface area contributed by atoms with Crippen LogP contribution in [0.4, 0.5) is 0 Å². The second kappa shape index (κ2) is 13.0. The van der Waals surface area contributed by atoms with Gasteiger partial charge in [-0.1, -0.05) is 13.8 Å². The molecule has 1 aliphatic carbocycles. The molecule has 8 N–H and O–H groups in total. The molecule has 0 aromatic rings. The van der Waals surface area contributed by atoms with Gasteiger partial charge in [-0.3, -0.25) is 4.79 Å². The highest BCUT2D eigenvalue weighted by Gasteiger charge is 2.48. The van der Waals surface area contributed by atoms with Gasteiger partial charge in [0.2, 0.25) is 0 Å². The Bertz CT molecular complexity index is 890. The van der Waals surface area contributed by atoms with Crippen molar-refractivity contribution in [2.45, 2.75) is 108 Å². The van der Waals surface area contributed by atoms with E-state index >= 15 is 0 Å². The van der Waals surface area contributed by atoms with Crippen molar-refractivity contribution in [1.82, 2.24) is 0 Å². The van der Waals surface area contributed by atoms with E-state index in [-0.39, 0.29) is 17.8 Å². The van der Waals surface area contributed by atoms with E-state index in [0.717, 1.165) is 6.08 Å². The molecule has 0 aromatic heterocycles. The summed E-state index contributed by atoms with van der Waals surface area (Å²) >= 11 is 0. The van der Waals surface area contributed by atoms with Gasteiger partial charge in [-0.15, -0.1) is 0 Å². The van der Waals surface area contributed by atoms with Crippen LogP contribution in [0.5, 0.6) is 0 Å². The van der Waals surface area contributed by atoms with Gasteiger partial charge in [0, 0.05) is 12.0 Å². The predicted molar refractivity (Wildman–Crippen MR) is 129 cm³/mol. The number of hydrogen-bond donors (Lipinski definition) is 8. The van der Waals surface area contributed by atoms with Crippen molar-refractivity contribution in [3.05, 3.63) is 11.6 Å². The van der Waals surface area contributed by atoms with Crippen LogP contribution in [0.15, 0.2) is 11.6 Å². The first-order valence-electron chi connectivity index (χ1n) is 12.9. The highest BCUT2D eigenvalue weighted by molar-refractivity contribution is 6.01. The number of aliphatic hydroxyl groups is 7. The van der Waals surface area contributed by atoms with Crippen LogP contribution in [-0.4, -0.2) is 133 Å². The summed E-state index contributed by atoms with van der Waals surface area (Å²) in [6.45, 7) is 4.16. The Morgan fingerprint density at radius 2 is 1.54 bits per heavy atom. The average molecular weight is 565 g/mol. The van der Waals surface area contributed by atoms with Crippen LogP contribution < -0.4 is 0 Å². The molecule has 224 valence electrons. The number of carboxylic acids is 1. The first-order valence-corrected chi connectivity index (χ1v) is 12.9. The zero-order valence-electron chi connectivity index (χ0n) is 22.1. The summed E-state index contributed by atoms with van der Waals surface area (Å²) in [5, 5.41) is 80.0. The summed E-state index contributed by atoms with van der Waals surface area (Å²) in [4.78, 5) is 23.7. The lowest BCUT2D eigenvalue weighted by Gasteiger charge is -2.43. The topological polar surface area (TPSA) is 233 Å². The Labute approximate surface area is 225 Å². The molecule has 14 nitrogen and oxygen atoms in total. The van der Waals surface area contributed by atoms with Gasteiger partial charge in [0.1, 0.15) is 48.8 Å². The molecule has 0 spiro atoms. The van der Waals surface area contributed by atoms with Crippen LogP contribution in [0, 0.1) is 11.3 Å². The summed E-state index contributed by atoms with van der Waals surface area (Å²) in [7, 11) is 0. The second-order valence-corrected chi connectivity index (χ2v) is 11.2. The van der Waals surface area contributed by atoms with Gasteiger partial charge in [-0.25, -0.2) is 4.79 Å². The number of carbonyl (C=O) groups excluding carboxylic acids is 1. The fraction of sp³-hybridized carbons (Fsp3) is 0.840. The quantitative estimate of drug-likeness (QED) is 0.136. The monoisotopic (exact) mass is 564 g/mol. The molecule has 0 aromatic carbocycles. The molecule has 3 aliphatic rings. The van der Waals surface area contributed by atoms with Crippen LogP contribution in [0.25, 0.3) is 0 Å². The first kappa shape index (κ1) is 32.0. The van der Waals surface area contributed by atoms with Gasteiger partial charge in [0.15, 0.2) is 18.4 Å². The number of allylic oxidation sites excluding steroid dienone is 1. The van der Waals surface area contributed by atoms with Crippen LogP contribution in [0.2, 0.25) is 0 Å². The van der Waals surface area contributed by atoms with Gasteiger partial charge in [-0.2, -0.15) is 0 Å². The number of rotatable bonds is 10. The molecule has 2 aliphatic heterocycles. The van der Waals surface area contributed by atoms with Crippen molar-refractivity contribution in [2.24, 2.45) is 11.3 Å². The maximum absolute atomic E-state index is 12.0. The minimum atomic E-state index is -1.69. The van der Waals surface area contributed by atoms with Crippen LogP contribution in [0.1, 0.15) is 40.0 Å². The largest absolute Gasteiger partial charge is 0.478 e. The maximum atomic E-state index is 12.0. The highest BCUT2D eigenvalue weighted by atomic mass is 16.7. The third-order valence-corrected chi connectivity index (χ3v) is 7.68. The van der Waals surface area contributed by atoms with Crippen molar-refractivity contribution in [3.63, 3.8) is 0 Å². The van der Waals surface area contributed by atoms with Gasteiger partial charge < -0.3 is 59.8 Å². The van der Waals surface area contributed by atoms with E-state index in [1.807, 2.05) is 13.8 Å². The molecule has 0 saturated carbocycles. The normalized spacial score (nSPS) is 41.6. The molecule has 3 rings (SSSR count). The molecule has 0 radical (unpaired) electrons. The number of ketones is 1. The van der Waals surface area contributed by atoms with Crippen molar-refractivity contribution >= 4 is 11.8 Å². The van der Waals surface area contributed by atoms with Crippen LogP contribution in [0.3, 0.4) is 0 Å². The molecule has 0 bridgehead atoms. The van der Waals surface area contributed by atoms with E-state index < -0.39 is 98.0 Å². The number of carbonyl (C=O) groups is 2. The van der Waals surface area contributed by atoms with Crippen LogP contribution >= 0.6 is 0 Å². The molecule has 39 heavy (non-hydrogen) atoms. The Balaban J connectivity index is 1.60. The van der Waals surface area contributed by atoms with Gasteiger partial charge in [0.25, 0.3) is 0 Å². The van der Waals surface area contributed by atoms with Crippen molar-refractivity contribution in [1.29, 1.82) is 0 Å². The number of carboxylic acid groups (broad SMARTS) is 1. The van der Waals surface area contributed by atoms with Crippen molar-refractivity contribution in [3.8, 4) is 0 Å². The van der Waals surface area contributed by atoms with E-state index in [1.165, 1.54) is 0 Å². The third-order valence-electron chi connectivity index (χ3n) is 7.68. The van der Waals surface area contributed by atoms with Gasteiger partial charge in [-0.05, 0) is 37.2 Å². The average Bonchev–Trinajstić information content (AvgIpc) is 2.86. The van der Waals surface area contributed by atoms with E-state index in [2.05, 4.69) is 0 Å². The van der Waals surface area contributed by atoms with E-state index in [1.54, 1.807) is 6.92 Å². The van der Waals surface area contributed by atoms with Crippen LogP contribution in [-0.2, 0) is 28.5 Å². The molecule has 2 saturated heterocycles. The maximum Gasteiger partial charge on any atom is 0.331 e. The smallest absolute Gasteiger partial charge is 0.331 e. The highest BCUT2D eigenvalue weighted by Crippen LogP contribution is 2.43. The second-order valence-electron chi connectivity index (χ2n) is 11.2. The van der Waals surface area contributed by atoms with E-state index in [4.69, 9.17) is 18.9 Å². The van der Waals surface area contributed by atoms with E-state index in [0.29, 0.717) is 12.8 Å². The summed E-state index contributed by atoms with van der Waals surface area (Å²) in [6.07, 6.45) is -13.8. The number of ether oxygens (including phenoxy) is 4. The number of aliphatic carboxylic acids is 1. The first-order chi connectivity index (χ1) is 18.2. The fourth-order valence-corrected chi connectivity index (χ4v) is 5.34. The number of aliphatic hydroxyl groups excluding tert-OH is 7. The molecule has 12 unspecified atom stereocenters. The molecular formula is C25H40O14. The van der Waals surface area contributed by atoms with Gasteiger partial charge >= 0.3 is 5.97 Å². The minimum absolute atomic E-state index is 0.0290. The zero-order valence-corrected chi connectivity index (χ0v) is 22.1. The van der Waals surface area contributed by atoms with E-state index in [9.17, 15) is 50.4 Å². The molecule has 2 fully saturated rings. The molecule has 2 heterocycles. The fourth-order valence-electron chi connectivity index (χ4n) is 5.34. The lowest BCUT2D eigenvalue weighted by atomic mass is 9.66. The summed E-state index contributed by atoms with van der Waals surface area (Å²) in [6, 6.07) is 0. The SMILES string of the molecule is CC(CCC1C(C(=O)O)=CC(=O)CC1(C)C)OC1OC(COC2OC(CO)C(O)C(O)C2O)C(O)C(O)C1O. The lowest BCUT2D eigenvalue weighted by Crippen LogP contribution is -2.62. The Hall–Kier alpha value is -1.56. The van der Waals surface area contributed by atoms with Crippen molar-refractivity contribution in [2.75, 3.05) is 13.2 Å². The lowest BCUT2D eigenvalue weighted by molar-refractivity contribution is -0.335. The molecule has 12 atom stereocenters. The van der Waals surface area contributed by atoms with Crippen molar-refractivity contribution < 1.29 is 69.4 Å². The zero-order chi connectivity index (χ0) is 29.2. The Morgan fingerprint density at radius 3 is 2.13 bits per heavy atom. The minimum Gasteiger partial charge on any atom is -0.478 e. The standard InChI is InChI=1S/C25H40O14/c1-10(4-5-13-12(22(34)35)6-11(27)7-25(13,2)3)37-24-21(33)19(31)17(29)15(39-24)9-36-23-20(32)18(30)16(28)14(8-26)38-23/h6,10,13-21,23-24,26,28-33H,4-5,7-9H2,1-3H3,(H,34,35). The molecular weight excluding hydrogens is 524 g/mol. The molecule has 0 amide bonds. The Kier molecular flexibility index (Phi) is 10.6. The summed E-state index contributed by atoms with van der Waals surface area (Å²) in [5.41, 5.74) is -0.561. The Morgan fingerprint density at radius 1 is 0.974 bits per heavy atom. The summed E-state index contributed by atoms with van der Waals surface area (Å²) < 4.78 is 22.1. The number of hydrogen-bond acceptors (Lipinski definition) is 13. The predicted octanol–water partition coefficient (Wildman–Crippen LogP) is -2.58. The third kappa shape index (κ3) is 7.21. The van der Waals surface area contributed by atoms with Gasteiger partial charge in [0.05, 0.1) is 19.3 Å².